The van der Waals surface area contributed by atoms with Crippen molar-refractivity contribution < 1.29 is 19.1 Å². The van der Waals surface area contributed by atoms with E-state index in [0.29, 0.717) is 6.54 Å². The zero-order valence-electron chi connectivity index (χ0n) is 26.0. The van der Waals surface area contributed by atoms with Crippen LogP contribution >= 0.6 is 0 Å². The average molecular weight is 595 g/mol. The summed E-state index contributed by atoms with van der Waals surface area (Å²) in [5, 5.41) is 6.32. The maximum Gasteiger partial charge on any atom is 0.409 e. The van der Waals surface area contributed by atoms with Gasteiger partial charge in [-0.1, -0.05) is 84.9 Å². The van der Waals surface area contributed by atoms with E-state index >= 15 is 0 Å². The average Bonchev–Trinajstić information content (AvgIpc) is 3.51. The van der Waals surface area contributed by atoms with Crippen LogP contribution in [-0.2, 0) is 38.4 Å². The number of nitrogens with one attached hydrogen (secondary N) is 1. The van der Waals surface area contributed by atoms with E-state index in [1.807, 2.05) is 12.1 Å². The Labute approximate surface area is 264 Å². The number of rotatable bonds is 6. The van der Waals surface area contributed by atoms with Gasteiger partial charge in [0.1, 0.15) is 0 Å². The Kier molecular flexibility index (Phi) is 7.12. The molecule has 0 unspecified atom stereocenters. The van der Waals surface area contributed by atoms with Gasteiger partial charge in [0.2, 0.25) is 0 Å². The first-order valence-electron chi connectivity index (χ1n) is 15.3. The van der Waals surface area contributed by atoms with Crippen molar-refractivity contribution in [3.8, 4) is 11.1 Å². The minimum atomic E-state index is -1.42. The Hall–Kier alpha value is -5.04. The third-order valence-corrected chi connectivity index (χ3v) is 9.75. The van der Waals surface area contributed by atoms with E-state index in [2.05, 4.69) is 109 Å². The van der Waals surface area contributed by atoms with Crippen LogP contribution in [0.3, 0.4) is 0 Å². The molecule has 0 saturated heterocycles. The van der Waals surface area contributed by atoms with Gasteiger partial charge in [-0.25, -0.2) is 0 Å². The topological polar surface area (TPSA) is 67.9 Å². The Morgan fingerprint density at radius 2 is 1.38 bits per heavy atom. The minimum Gasteiger partial charge on any atom is -0.468 e. The maximum atomic E-state index is 13.3. The van der Waals surface area contributed by atoms with Gasteiger partial charge in [-0.05, 0) is 75.8 Å². The highest BCUT2D eigenvalue weighted by Gasteiger charge is 2.54. The van der Waals surface area contributed by atoms with Crippen molar-refractivity contribution in [1.82, 2.24) is 0 Å². The molecule has 0 saturated carbocycles. The fourth-order valence-electron chi connectivity index (χ4n) is 7.61. The summed E-state index contributed by atoms with van der Waals surface area (Å²) in [5.74, 6) is -1.12. The zero-order chi connectivity index (χ0) is 31.3. The van der Waals surface area contributed by atoms with Crippen molar-refractivity contribution in [3.05, 3.63) is 125 Å². The third kappa shape index (κ3) is 4.48. The van der Waals surface area contributed by atoms with Crippen LogP contribution in [0, 0.1) is 19.3 Å². The van der Waals surface area contributed by atoms with Gasteiger partial charge in [0, 0.05) is 36.1 Å². The van der Waals surface area contributed by atoms with E-state index in [9.17, 15) is 9.59 Å². The molecule has 5 aromatic carbocycles. The van der Waals surface area contributed by atoms with Gasteiger partial charge in [-0.2, -0.15) is 0 Å². The van der Waals surface area contributed by atoms with Crippen LogP contribution in [-0.4, -0.2) is 33.1 Å². The van der Waals surface area contributed by atoms with Crippen LogP contribution in [0.4, 0.5) is 11.4 Å². The molecule has 0 radical (unpaired) electrons. The van der Waals surface area contributed by atoms with E-state index < -0.39 is 17.4 Å². The number of hydrogen-bond acceptors (Lipinski definition) is 6. The van der Waals surface area contributed by atoms with Gasteiger partial charge in [-0.15, -0.1) is 0 Å². The standard InChI is InChI=1S/C38H35BN2O4/c1-24-29-21-38(36(42)44-3,37(43)45-4)22-30(29)25(2)35(33(24)27-15-9-6-10-16-27)39-40-31-19-11-17-28-18-12-20-32(34(28)31)41(39)23-26-13-7-5-8-14-26/h5-20,40H,21-23H2,1-4H3. The minimum absolute atomic E-state index is 0.230. The summed E-state index contributed by atoms with van der Waals surface area (Å²) in [6.07, 6.45) is 0.469. The molecule has 0 atom stereocenters. The van der Waals surface area contributed by atoms with Gasteiger partial charge >= 0.3 is 18.9 Å². The summed E-state index contributed by atoms with van der Waals surface area (Å²) in [5.41, 5.74) is 9.49. The van der Waals surface area contributed by atoms with Crippen LogP contribution in [0.15, 0.2) is 97.1 Å². The van der Waals surface area contributed by atoms with E-state index in [0.717, 1.165) is 50.2 Å². The number of carbonyl (C=O) groups excluding carboxylic acids is 2. The molecule has 0 aromatic heterocycles. The smallest absolute Gasteiger partial charge is 0.409 e. The molecule has 0 bridgehead atoms. The highest BCUT2D eigenvalue weighted by atomic mass is 16.5. The van der Waals surface area contributed by atoms with Crippen molar-refractivity contribution >= 4 is 46.5 Å². The molecular formula is C38H35BN2O4. The van der Waals surface area contributed by atoms with Crippen LogP contribution in [0.5, 0.6) is 0 Å². The van der Waals surface area contributed by atoms with Crippen molar-refractivity contribution in [1.29, 1.82) is 0 Å². The number of hydrogen-bond donors (Lipinski definition) is 1. The molecule has 0 amide bonds. The molecule has 0 fully saturated rings. The van der Waals surface area contributed by atoms with Crippen LogP contribution < -0.4 is 15.5 Å². The van der Waals surface area contributed by atoms with Crippen molar-refractivity contribution in [2.75, 3.05) is 24.3 Å². The summed E-state index contributed by atoms with van der Waals surface area (Å²) in [4.78, 5) is 29.1. The monoisotopic (exact) mass is 594 g/mol. The lowest BCUT2D eigenvalue weighted by Gasteiger charge is -2.40. The molecule has 7 heteroatoms. The first-order chi connectivity index (χ1) is 21.9. The molecule has 224 valence electrons. The molecule has 5 aromatic rings. The SMILES string of the molecule is COC(=O)C1(C(=O)OC)Cc2c(C)c(B3Nc4cccc5cccc(c45)N3Cc3ccccc3)c(-c3ccccc3)c(C)c2C1. The first kappa shape index (κ1) is 28.7. The predicted molar refractivity (Wildman–Crippen MR) is 181 cm³/mol. The van der Waals surface area contributed by atoms with Gasteiger partial charge in [0.05, 0.1) is 14.2 Å². The number of nitrogens with zero attached hydrogens (tertiary/aromatic N) is 1. The summed E-state index contributed by atoms with van der Waals surface area (Å²) in [6, 6.07) is 33.8. The number of methoxy groups -OCH3 is 2. The largest absolute Gasteiger partial charge is 0.468 e. The van der Waals surface area contributed by atoms with Crippen molar-refractivity contribution in [3.63, 3.8) is 0 Å². The molecule has 0 spiro atoms. The predicted octanol–water partition coefficient (Wildman–Crippen LogP) is 6.38. The molecule has 1 N–H and O–H groups in total. The zero-order valence-corrected chi connectivity index (χ0v) is 26.0. The summed E-state index contributed by atoms with van der Waals surface area (Å²) < 4.78 is 10.5. The van der Waals surface area contributed by atoms with Gasteiger partial charge < -0.3 is 19.5 Å². The molecule has 1 heterocycles. The molecular weight excluding hydrogens is 559 g/mol. The Morgan fingerprint density at radius 3 is 2.02 bits per heavy atom. The number of benzene rings is 5. The molecule has 1 aliphatic heterocycles. The van der Waals surface area contributed by atoms with E-state index in [1.54, 1.807) is 0 Å². The second-order valence-electron chi connectivity index (χ2n) is 12.1. The number of anilines is 2. The molecule has 2 aliphatic rings. The molecule has 7 rings (SSSR count). The van der Waals surface area contributed by atoms with E-state index in [-0.39, 0.29) is 19.8 Å². The van der Waals surface area contributed by atoms with E-state index in [4.69, 9.17) is 9.47 Å². The van der Waals surface area contributed by atoms with Gasteiger partial charge in [0.25, 0.3) is 0 Å². The molecule has 45 heavy (non-hydrogen) atoms. The Morgan fingerprint density at radius 1 is 0.778 bits per heavy atom. The fraction of sp³-hybridized carbons (Fsp3) is 0.211. The van der Waals surface area contributed by atoms with Crippen molar-refractivity contribution in [2.45, 2.75) is 33.2 Å². The maximum absolute atomic E-state index is 13.3. The lowest BCUT2D eigenvalue weighted by molar-refractivity contribution is -0.168. The second-order valence-corrected chi connectivity index (χ2v) is 12.1. The summed E-state index contributed by atoms with van der Waals surface area (Å²) in [7, 11) is 2.67. The highest BCUT2D eigenvalue weighted by molar-refractivity contribution is 6.82. The normalized spacial score (nSPS) is 14.6. The van der Waals surface area contributed by atoms with Gasteiger partial charge in [-0.3, -0.25) is 9.59 Å². The quantitative estimate of drug-likeness (QED) is 0.140. The van der Waals surface area contributed by atoms with Crippen LogP contribution in [0.1, 0.15) is 27.8 Å². The van der Waals surface area contributed by atoms with Crippen LogP contribution in [0.2, 0.25) is 0 Å². The second kappa shape index (κ2) is 11.2. The van der Waals surface area contributed by atoms with Gasteiger partial charge in [0.15, 0.2) is 5.41 Å². The van der Waals surface area contributed by atoms with Crippen LogP contribution in [0.25, 0.3) is 21.9 Å². The number of fused-ring (bicyclic) bond motifs is 1. The molecule has 6 nitrogen and oxygen atoms in total. The first-order valence-corrected chi connectivity index (χ1v) is 15.3. The Bertz CT molecular complexity index is 1940. The Balaban J connectivity index is 1.50. The third-order valence-electron chi connectivity index (χ3n) is 9.75. The lowest BCUT2D eigenvalue weighted by atomic mass is 9.58. The number of carbonyl (C=O) groups is 2. The highest BCUT2D eigenvalue weighted by Crippen LogP contribution is 2.45. The van der Waals surface area contributed by atoms with E-state index in [1.165, 1.54) is 30.6 Å². The lowest BCUT2D eigenvalue weighted by Crippen LogP contribution is -2.57. The molecule has 1 aliphatic carbocycles. The van der Waals surface area contributed by atoms with Crippen molar-refractivity contribution in [2.24, 2.45) is 5.41 Å². The summed E-state index contributed by atoms with van der Waals surface area (Å²) >= 11 is 0. The number of ether oxygens (including phenoxy) is 2. The summed E-state index contributed by atoms with van der Waals surface area (Å²) in [6.45, 7) is 4.70. The number of esters is 2. The fourth-order valence-corrected chi connectivity index (χ4v) is 7.61.